The zero-order chi connectivity index (χ0) is 12.4. The van der Waals surface area contributed by atoms with E-state index in [9.17, 15) is 0 Å². The van der Waals surface area contributed by atoms with Crippen LogP contribution in [0.25, 0.3) is 5.65 Å². The molecular formula is C10H12N8. The second-order valence-electron chi connectivity index (χ2n) is 3.83. The third kappa shape index (κ3) is 1.88. The number of nitrogens with zero attached hydrogens (tertiary/aromatic N) is 6. The summed E-state index contributed by atoms with van der Waals surface area (Å²) in [5.41, 5.74) is 0.729. The topological polar surface area (TPSA) is 96.7 Å². The summed E-state index contributed by atoms with van der Waals surface area (Å²) in [5.74, 6) is 2.40. The van der Waals surface area contributed by atoms with E-state index >= 15 is 0 Å². The third-order valence-electron chi connectivity index (χ3n) is 2.62. The molecule has 0 bridgehead atoms. The molecule has 18 heavy (non-hydrogen) atoms. The van der Waals surface area contributed by atoms with Crippen LogP contribution in [0.2, 0.25) is 0 Å². The van der Waals surface area contributed by atoms with Gasteiger partial charge in [-0.3, -0.25) is 9.50 Å². The molecule has 0 aliphatic heterocycles. The van der Waals surface area contributed by atoms with Gasteiger partial charge in [0.15, 0.2) is 5.82 Å². The molecule has 0 aromatic carbocycles. The van der Waals surface area contributed by atoms with Gasteiger partial charge < -0.3 is 5.32 Å². The van der Waals surface area contributed by atoms with Crippen molar-refractivity contribution in [2.24, 2.45) is 0 Å². The van der Waals surface area contributed by atoms with Crippen LogP contribution in [-0.2, 0) is 6.42 Å². The molecule has 3 heterocycles. The smallest absolute Gasteiger partial charge is 0.203 e. The van der Waals surface area contributed by atoms with Crippen LogP contribution >= 0.6 is 0 Å². The molecule has 3 aromatic heterocycles. The molecule has 0 saturated carbocycles. The summed E-state index contributed by atoms with van der Waals surface area (Å²) in [6, 6.07) is 0. The molecule has 0 radical (unpaired) electrons. The number of fused-ring (bicyclic) bond motifs is 1. The monoisotopic (exact) mass is 244 g/mol. The second kappa shape index (κ2) is 4.40. The lowest BCUT2D eigenvalue weighted by Crippen LogP contribution is -2.08. The lowest BCUT2D eigenvalue weighted by Gasteiger charge is -2.04. The largest absolute Gasteiger partial charge is 0.366 e. The molecule has 8 nitrogen and oxygen atoms in total. The van der Waals surface area contributed by atoms with Crippen LogP contribution in [0.1, 0.15) is 11.6 Å². The quantitative estimate of drug-likeness (QED) is 0.680. The van der Waals surface area contributed by atoms with Gasteiger partial charge in [0.05, 0.1) is 0 Å². The van der Waals surface area contributed by atoms with Gasteiger partial charge in [-0.15, -0.1) is 10.2 Å². The highest BCUT2D eigenvalue weighted by atomic mass is 15.3. The standard InChI is InChI=1S/C10H12N8/c1-7-15-17-10-9(12-4-5-18(7)10)11-3-2-8-13-6-14-16-8/h4-6H,2-3H2,1H3,(H,11,12)(H,13,14,16). The Balaban J connectivity index is 1.74. The first-order valence-electron chi connectivity index (χ1n) is 5.59. The maximum absolute atomic E-state index is 4.26. The summed E-state index contributed by atoms with van der Waals surface area (Å²) >= 11 is 0. The Kier molecular flexibility index (Phi) is 2.60. The molecular weight excluding hydrogens is 232 g/mol. The normalized spacial score (nSPS) is 10.9. The molecule has 0 saturated heterocycles. The predicted octanol–water partition coefficient (Wildman–Crippen LogP) is 0.205. The summed E-state index contributed by atoms with van der Waals surface area (Å²) in [6.07, 6.45) is 5.80. The van der Waals surface area contributed by atoms with Crippen LogP contribution in [-0.4, -0.2) is 41.3 Å². The maximum Gasteiger partial charge on any atom is 0.203 e. The van der Waals surface area contributed by atoms with E-state index in [1.807, 2.05) is 17.5 Å². The van der Waals surface area contributed by atoms with E-state index in [2.05, 4.69) is 35.7 Å². The van der Waals surface area contributed by atoms with Crippen molar-refractivity contribution >= 4 is 11.5 Å². The van der Waals surface area contributed by atoms with E-state index in [0.29, 0.717) is 6.54 Å². The molecule has 8 heteroatoms. The van der Waals surface area contributed by atoms with E-state index in [4.69, 9.17) is 0 Å². The second-order valence-corrected chi connectivity index (χ2v) is 3.83. The van der Waals surface area contributed by atoms with E-state index < -0.39 is 0 Å². The van der Waals surface area contributed by atoms with Crippen molar-refractivity contribution in [3.63, 3.8) is 0 Å². The SMILES string of the molecule is Cc1nnc2c(NCCc3ncn[nH]3)nccn12. The van der Waals surface area contributed by atoms with Gasteiger partial charge in [-0.25, -0.2) is 9.97 Å². The molecule has 3 rings (SSSR count). The number of hydrogen-bond donors (Lipinski definition) is 2. The Morgan fingerprint density at radius 2 is 2.28 bits per heavy atom. The minimum atomic E-state index is 0.702. The lowest BCUT2D eigenvalue weighted by atomic mass is 10.4. The number of H-pyrrole nitrogens is 1. The predicted molar refractivity (Wildman–Crippen MR) is 64.1 cm³/mol. The average Bonchev–Trinajstić information content (AvgIpc) is 3.01. The Labute approximate surface area is 102 Å². The van der Waals surface area contributed by atoms with E-state index in [-0.39, 0.29) is 0 Å². The van der Waals surface area contributed by atoms with E-state index in [1.54, 1.807) is 6.20 Å². The number of rotatable bonds is 4. The molecule has 0 fully saturated rings. The van der Waals surface area contributed by atoms with Crippen molar-refractivity contribution in [1.82, 2.24) is 34.8 Å². The molecule has 3 aromatic rings. The summed E-state index contributed by atoms with van der Waals surface area (Å²) in [5, 5.41) is 17.9. The zero-order valence-electron chi connectivity index (χ0n) is 9.83. The third-order valence-corrected chi connectivity index (χ3v) is 2.62. The number of aromatic nitrogens is 7. The zero-order valence-corrected chi connectivity index (χ0v) is 9.83. The Morgan fingerprint density at radius 1 is 1.33 bits per heavy atom. The van der Waals surface area contributed by atoms with Gasteiger partial charge >= 0.3 is 0 Å². The number of anilines is 1. The molecule has 92 valence electrons. The highest BCUT2D eigenvalue weighted by Gasteiger charge is 2.07. The minimum Gasteiger partial charge on any atom is -0.366 e. The summed E-state index contributed by atoms with van der Waals surface area (Å²) in [6.45, 7) is 2.60. The van der Waals surface area contributed by atoms with Gasteiger partial charge in [-0.2, -0.15) is 5.10 Å². The molecule has 0 unspecified atom stereocenters. The van der Waals surface area contributed by atoms with E-state index in [0.717, 1.165) is 29.5 Å². The minimum absolute atomic E-state index is 0.702. The number of aromatic amines is 1. The van der Waals surface area contributed by atoms with Gasteiger partial charge in [0.2, 0.25) is 5.65 Å². The Morgan fingerprint density at radius 3 is 3.11 bits per heavy atom. The van der Waals surface area contributed by atoms with Gasteiger partial charge in [0.1, 0.15) is 18.0 Å². The number of hydrogen-bond acceptors (Lipinski definition) is 6. The van der Waals surface area contributed by atoms with Crippen LogP contribution in [0.15, 0.2) is 18.7 Å². The van der Waals surface area contributed by atoms with Crippen molar-refractivity contribution in [1.29, 1.82) is 0 Å². The van der Waals surface area contributed by atoms with Gasteiger partial charge in [0, 0.05) is 25.4 Å². The lowest BCUT2D eigenvalue weighted by molar-refractivity contribution is 0.895. The Bertz CT molecular complexity index is 641. The van der Waals surface area contributed by atoms with Crippen molar-refractivity contribution in [2.45, 2.75) is 13.3 Å². The first kappa shape index (κ1) is 10.6. The molecule has 0 aliphatic carbocycles. The fourth-order valence-electron chi connectivity index (χ4n) is 1.72. The maximum atomic E-state index is 4.26. The van der Waals surface area contributed by atoms with Crippen LogP contribution in [0, 0.1) is 6.92 Å². The summed E-state index contributed by atoms with van der Waals surface area (Å²) in [4.78, 5) is 8.31. The van der Waals surface area contributed by atoms with Crippen LogP contribution < -0.4 is 5.32 Å². The highest BCUT2D eigenvalue weighted by molar-refractivity contribution is 5.61. The first-order chi connectivity index (χ1) is 8.84. The fourth-order valence-corrected chi connectivity index (χ4v) is 1.72. The summed E-state index contributed by atoms with van der Waals surface area (Å²) in [7, 11) is 0. The van der Waals surface area contributed by atoms with Gasteiger partial charge in [-0.1, -0.05) is 0 Å². The average molecular weight is 244 g/mol. The van der Waals surface area contributed by atoms with E-state index in [1.165, 1.54) is 6.33 Å². The molecule has 0 spiro atoms. The number of nitrogens with one attached hydrogen (secondary N) is 2. The van der Waals surface area contributed by atoms with Crippen molar-refractivity contribution in [2.75, 3.05) is 11.9 Å². The molecule has 2 N–H and O–H groups in total. The Hall–Kier alpha value is -2.51. The van der Waals surface area contributed by atoms with Crippen LogP contribution in [0.3, 0.4) is 0 Å². The molecule has 0 atom stereocenters. The van der Waals surface area contributed by atoms with Crippen molar-refractivity contribution < 1.29 is 0 Å². The highest BCUT2D eigenvalue weighted by Crippen LogP contribution is 2.11. The van der Waals surface area contributed by atoms with Crippen molar-refractivity contribution in [3.8, 4) is 0 Å². The van der Waals surface area contributed by atoms with Crippen LogP contribution in [0.5, 0.6) is 0 Å². The van der Waals surface area contributed by atoms with Crippen molar-refractivity contribution in [3.05, 3.63) is 30.4 Å². The van der Waals surface area contributed by atoms with Gasteiger partial charge in [0.25, 0.3) is 0 Å². The molecule has 0 amide bonds. The van der Waals surface area contributed by atoms with Crippen LogP contribution in [0.4, 0.5) is 5.82 Å². The first-order valence-corrected chi connectivity index (χ1v) is 5.59. The number of aryl methyl sites for hydroxylation is 1. The summed E-state index contributed by atoms with van der Waals surface area (Å²) < 4.78 is 1.89. The molecule has 0 aliphatic rings. The fraction of sp³-hybridized carbons (Fsp3) is 0.300. The van der Waals surface area contributed by atoms with Gasteiger partial charge in [-0.05, 0) is 6.92 Å².